The highest BCUT2D eigenvalue weighted by molar-refractivity contribution is 6.30. The third kappa shape index (κ3) is 5.93. The van der Waals surface area contributed by atoms with Gasteiger partial charge >= 0.3 is 6.18 Å². The lowest BCUT2D eigenvalue weighted by Gasteiger charge is -2.22. The minimum Gasteiger partial charge on any atom is -0.347 e. The van der Waals surface area contributed by atoms with E-state index in [1.807, 2.05) is 5.32 Å². The van der Waals surface area contributed by atoms with Gasteiger partial charge in [-0.3, -0.25) is 9.59 Å². The van der Waals surface area contributed by atoms with Crippen molar-refractivity contribution in [1.29, 1.82) is 0 Å². The molecule has 22 heavy (non-hydrogen) atoms. The van der Waals surface area contributed by atoms with Crippen LogP contribution in [0.25, 0.3) is 0 Å². The van der Waals surface area contributed by atoms with E-state index < -0.39 is 24.7 Å². The fourth-order valence-corrected chi connectivity index (χ4v) is 1.84. The molecule has 122 valence electrons. The Hall–Kier alpha value is -1.76. The van der Waals surface area contributed by atoms with E-state index in [0.29, 0.717) is 11.4 Å². The van der Waals surface area contributed by atoms with Crippen LogP contribution in [0.15, 0.2) is 24.3 Å². The van der Waals surface area contributed by atoms with Crippen LogP contribution in [-0.2, 0) is 9.59 Å². The standard InChI is InChI=1S/C14H16ClF3N2O2/c1-2-3-11(21)19-8-12(22)20-13(14(16,17)18)9-4-6-10(15)7-5-9/h4-7,13H,2-3,8H2,1H3,(H,19,21)(H,20,22)/t13-/m1/s1. The van der Waals surface area contributed by atoms with Crippen molar-refractivity contribution in [3.05, 3.63) is 34.9 Å². The zero-order valence-corrected chi connectivity index (χ0v) is 12.6. The zero-order valence-electron chi connectivity index (χ0n) is 11.8. The number of alkyl halides is 3. The van der Waals surface area contributed by atoms with E-state index >= 15 is 0 Å². The average molecular weight is 337 g/mol. The lowest BCUT2D eigenvalue weighted by molar-refractivity contribution is -0.163. The number of benzene rings is 1. The second kappa shape index (κ2) is 8.03. The summed E-state index contributed by atoms with van der Waals surface area (Å²) in [6.45, 7) is 1.28. The van der Waals surface area contributed by atoms with Gasteiger partial charge in [-0.2, -0.15) is 13.2 Å². The summed E-state index contributed by atoms with van der Waals surface area (Å²) in [5.41, 5.74) is -0.134. The van der Waals surface area contributed by atoms with Crippen molar-refractivity contribution in [1.82, 2.24) is 10.6 Å². The summed E-state index contributed by atoms with van der Waals surface area (Å²) in [5, 5.41) is 4.42. The number of hydrogen-bond donors (Lipinski definition) is 2. The summed E-state index contributed by atoms with van der Waals surface area (Å²) in [5.74, 6) is -1.30. The first kappa shape index (κ1) is 18.3. The van der Waals surface area contributed by atoms with Gasteiger partial charge in [0.2, 0.25) is 11.8 Å². The normalized spacial score (nSPS) is 12.6. The van der Waals surface area contributed by atoms with E-state index in [2.05, 4.69) is 5.32 Å². The summed E-state index contributed by atoms with van der Waals surface area (Å²) in [6, 6.07) is 2.85. The SMILES string of the molecule is CCCC(=O)NCC(=O)N[C@H](c1ccc(Cl)cc1)C(F)(F)F. The highest BCUT2D eigenvalue weighted by atomic mass is 35.5. The van der Waals surface area contributed by atoms with E-state index in [9.17, 15) is 22.8 Å². The quantitative estimate of drug-likeness (QED) is 0.839. The summed E-state index contributed by atoms with van der Waals surface area (Å²) in [7, 11) is 0. The van der Waals surface area contributed by atoms with Gasteiger partial charge in [0.05, 0.1) is 6.54 Å². The third-order valence-electron chi connectivity index (χ3n) is 2.76. The molecular formula is C14H16ClF3N2O2. The van der Waals surface area contributed by atoms with Crippen LogP contribution >= 0.6 is 11.6 Å². The van der Waals surface area contributed by atoms with Crippen molar-refractivity contribution in [2.24, 2.45) is 0 Å². The minimum absolute atomic E-state index is 0.134. The van der Waals surface area contributed by atoms with Gasteiger partial charge in [-0.05, 0) is 24.1 Å². The molecule has 0 saturated carbocycles. The van der Waals surface area contributed by atoms with Gasteiger partial charge in [0.25, 0.3) is 0 Å². The summed E-state index contributed by atoms with van der Waals surface area (Å²) >= 11 is 5.63. The van der Waals surface area contributed by atoms with Crippen LogP contribution in [-0.4, -0.2) is 24.5 Å². The molecule has 1 aromatic carbocycles. The van der Waals surface area contributed by atoms with Gasteiger partial charge in [-0.25, -0.2) is 0 Å². The van der Waals surface area contributed by atoms with Crippen molar-refractivity contribution >= 4 is 23.4 Å². The molecule has 2 N–H and O–H groups in total. The van der Waals surface area contributed by atoms with E-state index in [1.54, 1.807) is 6.92 Å². The largest absolute Gasteiger partial charge is 0.412 e. The van der Waals surface area contributed by atoms with Crippen molar-refractivity contribution in [3.63, 3.8) is 0 Å². The lowest BCUT2D eigenvalue weighted by atomic mass is 10.1. The second-order valence-corrected chi connectivity index (χ2v) is 5.06. The maximum absolute atomic E-state index is 13.1. The van der Waals surface area contributed by atoms with Crippen LogP contribution in [0, 0.1) is 0 Å². The van der Waals surface area contributed by atoms with Crippen molar-refractivity contribution in [3.8, 4) is 0 Å². The van der Waals surface area contributed by atoms with Gasteiger partial charge in [0, 0.05) is 11.4 Å². The fourth-order valence-electron chi connectivity index (χ4n) is 1.72. The first-order valence-corrected chi connectivity index (χ1v) is 7.00. The summed E-state index contributed by atoms with van der Waals surface area (Å²) in [6.07, 6.45) is -3.85. The van der Waals surface area contributed by atoms with Crippen LogP contribution < -0.4 is 10.6 Å². The molecule has 0 fully saturated rings. The highest BCUT2D eigenvalue weighted by Crippen LogP contribution is 2.33. The molecule has 0 radical (unpaired) electrons. The highest BCUT2D eigenvalue weighted by Gasteiger charge is 2.41. The first-order valence-electron chi connectivity index (χ1n) is 6.62. The average Bonchev–Trinajstić information content (AvgIpc) is 2.43. The molecule has 0 spiro atoms. The molecule has 4 nitrogen and oxygen atoms in total. The molecule has 1 rings (SSSR count). The molecule has 0 unspecified atom stereocenters. The Kier molecular flexibility index (Phi) is 6.67. The number of rotatable bonds is 6. The number of carbonyl (C=O) groups is 2. The lowest BCUT2D eigenvalue weighted by Crippen LogP contribution is -2.43. The topological polar surface area (TPSA) is 58.2 Å². The smallest absolute Gasteiger partial charge is 0.347 e. The Morgan fingerprint density at radius 3 is 2.27 bits per heavy atom. The van der Waals surface area contributed by atoms with Gasteiger partial charge < -0.3 is 10.6 Å². The molecule has 0 aliphatic heterocycles. The van der Waals surface area contributed by atoms with E-state index in [1.165, 1.54) is 24.3 Å². The number of amides is 2. The van der Waals surface area contributed by atoms with Crippen LogP contribution in [0.1, 0.15) is 31.4 Å². The van der Waals surface area contributed by atoms with Crippen molar-refractivity contribution in [2.75, 3.05) is 6.54 Å². The first-order chi connectivity index (χ1) is 10.2. The van der Waals surface area contributed by atoms with Crippen LogP contribution in [0.2, 0.25) is 5.02 Å². The van der Waals surface area contributed by atoms with E-state index in [0.717, 1.165) is 0 Å². The summed E-state index contributed by atoms with van der Waals surface area (Å²) < 4.78 is 39.2. The van der Waals surface area contributed by atoms with Crippen LogP contribution in [0.4, 0.5) is 13.2 Å². The van der Waals surface area contributed by atoms with Crippen molar-refractivity contribution in [2.45, 2.75) is 32.0 Å². The molecular weight excluding hydrogens is 321 g/mol. The number of carbonyl (C=O) groups excluding carboxylic acids is 2. The molecule has 0 heterocycles. The Morgan fingerprint density at radius 2 is 1.77 bits per heavy atom. The van der Waals surface area contributed by atoms with Crippen LogP contribution in [0.3, 0.4) is 0 Å². The Balaban J connectivity index is 2.72. The Morgan fingerprint density at radius 1 is 1.18 bits per heavy atom. The Bertz CT molecular complexity index is 518. The van der Waals surface area contributed by atoms with E-state index in [4.69, 9.17) is 11.6 Å². The minimum atomic E-state index is -4.66. The molecule has 2 amide bonds. The zero-order chi connectivity index (χ0) is 16.8. The van der Waals surface area contributed by atoms with Crippen LogP contribution in [0.5, 0.6) is 0 Å². The Labute approximate surface area is 131 Å². The number of halogens is 4. The number of hydrogen-bond acceptors (Lipinski definition) is 2. The fraction of sp³-hybridized carbons (Fsp3) is 0.429. The third-order valence-corrected chi connectivity index (χ3v) is 3.01. The molecule has 1 atom stereocenters. The molecule has 8 heteroatoms. The molecule has 0 aliphatic carbocycles. The van der Waals surface area contributed by atoms with Crippen molar-refractivity contribution < 1.29 is 22.8 Å². The van der Waals surface area contributed by atoms with Gasteiger partial charge in [-0.1, -0.05) is 30.7 Å². The second-order valence-electron chi connectivity index (χ2n) is 4.62. The molecule has 0 saturated heterocycles. The predicted octanol–water partition coefficient (Wildman–Crippen LogP) is 2.98. The summed E-state index contributed by atoms with van der Waals surface area (Å²) in [4.78, 5) is 22.8. The maximum atomic E-state index is 13.1. The monoisotopic (exact) mass is 336 g/mol. The van der Waals surface area contributed by atoms with E-state index in [-0.39, 0.29) is 17.9 Å². The van der Waals surface area contributed by atoms with Gasteiger partial charge in [0.1, 0.15) is 0 Å². The maximum Gasteiger partial charge on any atom is 0.412 e. The number of nitrogens with one attached hydrogen (secondary N) is 2. The molecule has 0 aliphatic rings. The molecule has 0 aromatic heterocycles. The molecule has 1 aromatic rings. The van der Waals surface area contributed by atoms with Gasteiger partial charge in [0.15, 0.2) is 6.04 Å². The predicted molar refractivity (Wildman–Crippen MR) is 76.3 cm³/mol. The molecule has 0 bridgehead atoms. The van der Waals surface area contributed by atoms with Gasteiger partial charge in [-0.15, -0.1) is 0 Å².